The van der Waals surface area contributed by atoms with E-state index in [0.717, 1.165) is 48.0 Å². The van der Waals surface area contributed by atoms with Crippen molar-refractivity contribution in [1.29, 1.82) is 0 Å². The molecule has 158 valence electrons. The summed E-state index contributed by atoms with van der Waals surface area (Å²) in [7, 11) is 0. The lowest BCUT2D eigenvalue weighted by Gasteiger charge is -2.32. The van der Waals surface area contributed by atoms with Gasteiger partial charge >= 0.3 is 0 Å². The van der Waals surface area contributed by atoms with E-state index in [1.807, 2.05) is 30.3 Å². The Balaban J connectivity index is 1.54. The molecule has 2 aliphatic heterocycles. The summed E-state index contributed by atoms with van der Waals surface area (Å²) in [5.41, 5.74) is 17.7. The van der Waals surface area contributed by atoms with Crippen LogP contribution in [0.15, 0.2) is 66.1 Å². The first-order valence-electron chi connectivity index (χ1n) is 10.7. The molecule has 2 aliphatic rings. The highest BCUT2D eigenvalue weighted by Gasteiger charge is 2.18. The molecule has 0 spiro atoms. The number of hydrogen-bond acceptors (Lipinski definition) is 5. The minimum absolute atomic E-state index is 0.640. The van der Waals surface area contributed by atoms with Gasteiger partial charge in [-0.2, -0.15) is 0 Å². The van der Waals surface area contributed by atoms with Gasteiger partial charge in [0.1, 0.15) is 5.82 Å². The van der Waals surface area contributed by atoms with E-state index >= 15 is 0 Å². The van der Waals surface area contributed by atoms with Gasteiger partial charge < -0.3 is 26.6 Å². The Hall–Kier alpha value is -2.79. The summed E-state index contributed by atoms with van der Waals surface area (Å²) in [6, 6.07) is 16.4. The Bertz CT molecular complexity index is 929. The molecule has 5 nitrogen and oxygen atoms in total. The van der Waals surface area contributed by atoms with Crippen LogP contribution in [0.2, 0.25) is 5.02 Å². The fourth-order valence-corrected chi connectivity index (χ4v) is 4.32. The zero-order valence-corrected chi connectivity index (χ0v) is 18.0. The van der Waals surface area contributed by atoms with E-state index in [4.69, 9.17) is 23.1 Å². The van der Waals surface area contributed by atoms with Crippen molar-refractivity contribution in [2.45, 2.75) is 25.8 Å². The third-order valence-electron chi connectivity index (χ3n) is 5.85. The maximum Gasteiger partial charge on any atom is 0.120 e. The van der Waals surface area contributed by atoms with Gasteiger partial charge in [-0.05, 0) is 54.7 Å². The van der Waals surface area contributed by atoms with Crippen LogP contribution in [-0.2, 0) is 6.54 Å². The summed E-state index contributed by atoms with van der Waals surface area (Å²) in [4.78, 5) is 4.67. The van der Waals surface area contributed by atoms with Gasteiger partial charge in [0.05, 0.1) is 5.70 Å². The number of hydrogen-bond donors (Lipinski definition) is 3. The van der Waals surface area contributed by atoms with Crippen LogP contribution in [0.1, 0.15) is 30.4 Å². The minimum atomic E-state index is 0.640. The average molecular weight is 424 g/mol. The molecule has 0 atom stereocenters. The number of nitrogens with zero attached hydrogens (tertiary/aromatic N) is 2. The number of nitrogens with one attached hydrogen (secondary N) is 1. The molecule has 4 rings (SSSR count). The molecule has 0 aliphatic carbocycles. The molecule has 1 saturated heterocycles. The second kappa shape index (κ2) is 9.35. The Morgan fingerprint density at radius 3 is 2.47 bits per heavy atom. The highest BCUT2D eigenvalue weighted by Crippen LogP contribution is 2.25. The molecule has 0 aromatic heterocycles. The van der Waals surface area contributed by atoms with Gasteiger partial charge in [0, 0.05) is 49.1 Å². The van der Waals surface area contributed by atoms with Crippen LogP contribution in [0.25, 0.3) is 5.70 Å². The monoisotopic (exact) mass is 423 g/mol. The normalized spacial score (nSPS) is 17.8. The van der Waals surface area contributed by atoms with Gasteiger partial charge in [-0.25, -0.2) is 0 Å². The zero-order valence-electron chi connectivity index (χ0n) is 17.3. The molecule has 0 radical (unpaired) electrons. The number of allylic oxidation sites excluding steroid dienone is 1. The number of halogens is 1. The molecule has 2 aromatic rings. The second-order valence-electron chi connectivity index (χ2n) is 7.93. The van der Waals surface area contributed by atoms with Crippen LogP contribution >= 0.6 is 11.6 Å². The Morgan fingerprint density at radius 1 is 1.00 bits per heavy atom. The molecule has 1 fully saturated rings. The van der Waals surface area contributed by atoms with Gasteiger partial charge in [-0.15, -0.1) is 0 Å². The molecule has 0 unspecified atom stereocenters. The van der Waals surface area contributed by atoms with E-state index in [9.17, 15) is 0 Å². The van der Waals surface area contributed by atoms with E-state index in [-0.39, 0.29) is 0 Å². The van der Waals surface area contributed by atoms with E-state index in [1.54, 1.807) is 0 Å². The van der Waals surface area contributed by atoms with E-state index in [1.165, 1.54) is 24.9 Å². The van der Waals surface area contributed by atoms with Crippen LogP contribution in [0.4, 0.5) is 5.69 Å². The predicted molar refractivity (Wildman–Crippen MR) is 126 cm³/mol. The van der Waals surface area contributed by atoms with Crippen LogP contribution in [0.5, 0.6) is 0 Å². The lowest BCUT2D eigenvalue weighted by atomic mass is 10.1. The first kappa shape index (κ1) is 20.5. The summed E-state index contributed by atoms with van der Waals surface area (Å²) in [5.74, 6) is 0.640. The standard InChI is InChI=1S/C24H30ClN5/c25-21-7-3-2-6-19(21)17-30-15-12-28-24(27)23(30)16-22(26)18-8-10-20(11-9-18)29-13-4-1-5-14-29/h2-3,6-11,16,28H,1,4-5,12-15,17,26-27H2/b22-16-. The topological polar surface area (TPSA) is 70.5 Å². The van der Waals surface area contributed by atoms with Gasteiger partial charge in [0.2, 0.25) is 0 Å². The lowest BCUT2D eigenvalue weighted by Crippen LogP contribution is -2.41. The van der Waals surface area contributed by atoms with E-state index in [2.05, 4.69) is 39.4 Å². The molecule has 2 heterocycles. The molecule has 0 bridgehead atoms. The predicted octanol–water partition coefficient (Wildman–Crippen LogP) is 3.86. The highest BCUT2D eigenvalue weighted by atomic mass is 35.5. The van der Waals surface area contributed by atoms with Crippen molar-refractivity contribution in [3.05, 3.63) is 82.3 Å². The van der Waals surface area contributed by atoms with Crippen LogP contribution in [0.3, 0.4) is 0 Å². The average Bonchev–Trinajstić information content (AvgIpc) is 2.78. The molecule has 6 heteroatoms. The smallest absolute Gasteiger partial charge is 0.120 e. The largest absolute Gasteiger partial charge is 0.398 e. The summed E-state index contributed by atoms with van der Waals surface area (Å²) in [6.07, 6.45) is 5.84. The summed E-state index contributed by atoms with van der Waals surface area (Å²) >= 11 is 6.37. The number of benzene rings is 2. The van der Waals surface area contributed by atoms with E-state index in [0.29, 0.717) is 18.1 Å². The third kappa shape index (κ3) is 4.68. The molecule has 5 N–H and O–H groups in total. The van der Waals surface area contributed by atoms with Gasteiger partial charge in [-0.3, -0.25) is 0 Å². The molecular weight excluding hydrogens is 394 g/mol. The molecule has 0 saturated carbocycles. The summed E-state index contributed by atoms with van der Waals surface area (Å²) in [6.45, 7) is 4.58. The first-order chi connectivity index (χ1) is 14.6. The zero-order chi connectivity index (χ0) is 20.9. The molecular formula is C24H30ClN5. The van der Waals surface area contributed by atoms with Crippen molar-refractivity contribution in [2.24, 2.45) is 11.5 Å². The van der Waals surface area contributed by atoms with Crippen molar-refractivity contribution in [3.8, 4) is 0 Å². The first-order valence-corrected chi connectivity index (χ1v) is 11.0. The Kier molecular flexibility index (Phi) is 6.38. The summed E-state index contributed by atoms with van der Waals surface area (Å²) in [5, 5.41) is 4.01. The van der Waals surface area contributed by atoms with Gasteiger partial charge in [0.25, 0.3) is 0 Å². The quantitative estimate of drug-likeness (QED) is 0.681. The molecule has 30 heavy (non-hydrogen) atoms. The maximum absolute atomic E-state index is 6.48. The highest BCUT2D eigenvalue weighted by molar-refractivity contribution is 6.31. The molecule has 2 aromatic carbocycles. The second-order valence-corrected chi connectivity index (χ2v) is 8.34. The Morgan fingerprint density at radius 2 is 1.73 bits per heavy atom. The maximum atomic E-state index is 6.48. The van der Waals surface area contributed by atoms with E-state index < -0.39 is 0 Å². The molecule has 0 amide bonds. The van der Waals surface area contributed by atoms with Crippen molar-refractivity contribution in [1.82, 2.24) is 10.2 Å². The van der Waals surface area contributed by atoms with Crippen molar-refractivity contribution in [3.63, 3.8) is 0 Å². The SMILES string of the molecule is NC1=C(/C=C(\N)c2ccc(N3CCCCC3)cc2)N(Cc2ccccc2Cl)CCN1. The lowest BCUT2D eigenvalue weighted by molar-refractivity contribution is 0.321. The van der Waals surface area contributed by atoms with Crippen molar-refractivity contribution < 1.29 is 0 Å². The van der Waals surface area contributed by atoms with Crippen LogP contribution in [-0.4, -0.2) is 31.1 Å². The van der Waals surface area contributed by atoms with Gasteiger partial charge in [-0.1, -0.05) is 41.9 Å². The number of piperidine rings is 1. The Labute approximate surface area is 184 Å². The van der Waals surface area contributed by atoms with Crippen molar-refractivity contribution >= 4 is 23.0 Å². The number of nitrogens with two attached hydrogens (primary N) is 2. The van der Waals surface area contributed by atoms with Gasteiger partial charge in [0.15, 0.2) is 0 Å². The third-order valence-corrected chi connectivity index (χ3v) is 6.22. The minimum Gasteiger partial charge on any atom is -0.398 e. The fraction of sp³-hybridized carbons (Fsp3) is 0.333. The number of anilines is 1. The summed E-state index contributed by atoms with van der Waals surface area (Å²) < 4.78 is 0. The fourth-order valence-electron chi connectivity index (χ4n) is 4.12. The number of rotatable bonds is 5. The van der Waals surface area contributed by atoms with Crippen LogP contribution in [0, 0.1) is 0 Å². The van der Waals surface area contributed by atoms with Crippen molar-refractivity contribution in [2.75, 3.05) is 31.1 Å². The van der Waals surface area contributed by atoms with Crippen LogP contribution < -0.4 is 21.7 Å².